The van der Waals surface area contributed by atoms with Gasteiger partial charge in [0.1, 0.15) is 11.3 Å². The van der Waals surface area contributed by atoms with Gasteiger partial charge >= 0.3 is 0 Å². The number of amides is 4. The zero-order valence-electron chi connectivity index (χ0n) is 18.6. The van der Waals surface area contributed by atoms with Crippen molar-refractivity contribution in [1.82, 2.24) is 10.2 Å². The molecule has 0 aromatic heterocycles. The lowest BCUT2D eigenvalue weighted by molar-refractivity contribution is -0.143. The molecule has 176 valence electrons. The average molecular weight is 483 g/mol. The van der Waals surface area contributed by atoms with Gasteiger partial charge < -0.3 is 15.8 Å². The smallest absolute Gasteiger partial charge is 0.250 e. The molecule has 9 nitrogen and oxygen atoms in total. The minimum absolute atomic E-state index is 0.0388. The Morgan fingerprint density at radius 1 is 1.18 bits per heavy atom. The molecule has 1 spiro atoms. The van der Waals surface area contributed by atoms with Crippen molar-refractivity contribution < 1.29 is 23.9 Å². The first-order valence-electron chi connectivity index (χ1n) is 10.8. The van der Waals surface area contributed by atoms with E-state index < -0.39 is 47.0 Å². The highest BCUT2D eigenvalue weighted by Crippen LogP contribution is 2.54. The number of nitrogens with two attached hydrogens (primary N) is 1. The van der Waals surface area contributed by atoms with Gasteiger partial charge in [-0.1, -0.05) is 29.8 Å². The number of imide groups is 1. The molecule has 0 aliphatic carbocycles. The van der Waals surface area contributed by atoms with Crippen LogP contribution in [0.1, 0.15) is 23.1 Å². The Morgan fingerprint density at radius 3 is 2.53 bits per heavy atom. The summed E-state index contributed by atoms with van der Waals surface area (Å²) in [4.78, 5) is 53.7. The Kier molecular flexibility index (Phi) is 5.14. The summed E-state index contributed by atoms with van der Waals surface area (Å²) in [6.45, 7) is 1.87. The molecule has 34 heavy (non-hydrogen) atoms. The van der Waals surface area contributed by atoms with E-state index in [1.807, 2.05) is 6.92 Å². The number of anilines is 1. The molecule has 0 saturated carbocycles. The lowest BCUT2D eigenvalue weighted by atomic mass is 9.76. The first-order valence-corrected chi connectivity index (χ1v) is 11.2. The van der Waals surface area contributed by atoms with Crippen molar-refractivity contribution in [3.05, 3.63) is 58.1 Å². The lowest BCUT2D eigenvalue weighted by Crippen LogP contribution is -2.53. The van der Waals surface area contributed by atoms with Crippen LogP contribution < -0.4 is 21.1 Å². The van der Waals surface area contributed by atoms with Crippen LogP contribution in [0.25, 0.3) is 0 Å². The van der Waals surface area contributed by atoms with E-state index in [9.17, 15) is 19.2 Å². The van der Waals surface area contributed by atoms with Crippen molar-refractivity contribution in [2.75, 3.05) is 12.4 Å². The van der Waals surface area contributed by atoms with Crippen molar-refractivity contribution in [3.63, 3.8) is 0 Å². The summed E-state index contributed by atoms with van der Waals surface area (Å²) in [6, 6.07) is 9.73. The number of ether oxygens (including phenoxy) is 1. The average Bonchev–Trinajstić information content (AvgIpc) is 3.35. The number of benzene rings is 2. The summed E-state index contributed by atoms with van der Waals surface area (Å²) in [5.74, 6) is -3.35. The maximum Gasteiger partial charge on any atom is 0.250 e. The van der Waals surface area contributed by atoms with Crippen LogP contribution in [-0.4, -0.2) is 41.7 Å². The number of carbonyl (C=O) groups is 4. The standard InChI is InChI=1S/C24H23ClN4O5/c1-11-7-14-20(15(25)8-11)27-23(33)24(14)19-18(16(28-24)9-17(26)30)21(31)29(22(19)32)10-12-3-5-13(34-2)6-4-12/h3-8,16,18-19,28H,9-10H2,1-2H3,(H2,26,30)(H,27,33). The second-order valence-electron chi connectivity index (χ2n) is 8.97. The Hall–Kier alpha value is -3.43. The van der Waals surface area contributed by atoms with Crippen LogP contribution in [0.2, 0.25) is 5.02 Å². The quantitative estimate of drug-likeness (QED) is 0.553. The summed E-state index contributed by atoms with van der Waals surface area (Å²) in [5, 5.41) is 6.28. The second-order valence-corrected chi connectivity index (χ2v) is 9.37. The van der Waals surface area contributed by atoms with Gasteiger partial charge in [-0.05, 0) is 36.2 Å². The van der Waals surface area contributed by atoms with Crippen LogP contribution in [0.15, 0.2) is 36.4 Å². The number of fused-ring (bicyclic) bond motifs is 4. The number of hydrogen-bond donors (Lipinski definition) is 3. The first-order chi connectivity index (χ1) is 16.2. The van der Waals surface area contributed by atoms with E-state index in [1.54, 1.807) is 43.5 Å². The summed E-state index contributed by atoms with van der Waals surface area (Å²) in [6.07, 6.45) is -0.194. The lowest BCUT2D eigenvalue weighted by Gasteiger charge is -2.29. The number of primary amides is 1. The normalized spacial score (nSPS) is 27.2. The zero-order chi connectivity index (χ0) is 24.4. The predicted octanol–water partition coefficient (Wildman–Crippen LogP) is 1.45. The van der Waals surface area contributed by atoms with E-state index in [-0.39, 0.29) is 13.0 Å². The summed E-state index contributed by atoms with van der Waals surface area (Å²) >= 11 is 6.40. The molecule has 4 atom stereocenters. The number of hydrogen-bond acceptors (Lipinski definition) is 6. The van der Waals surface area contributed by atoms with E-state index in [1.165, 1.54) is 0 Å². The van der Waals surface area contributed by atoms with Gasteiger partial charge in [0.2, 0.25) is 23.6 Å². The molecule has 3 aliphatic heterocycles. The molecule has 2 aromatic carbocycles. The van der Waals surface area contributed by atoms with Gasteiger partial charge in [-0.25, -0.2) is 0 Å². The molecule has 0 bridgehead atoms. The maximum atomic E-state index is 13.8. The van der Waals surface area contributed by atoms with Crippen molar-refractivity contribution in [3.8, 4) is 5.75 Å². The molecule has 3 aliphatic rings. The molecule has 3 heterocycles. The van der Waals surface area contributed by atoms with Crippen molar-refractivity contribution in [2.24, 2.45) is 17.6 Å². The molecule has 4 unspecified atom stereocenters. The number of nitrogens with zero attached hydrogens (tertiary/aromatic N) is 1. The monoisotopic (exact) mass is 482 g/mol. The molecular weight excluding hydrogens is 460 g/mol. The van der Waals surface area contributed by atoms with Crippen LogP contribution in [0.4, 0.5) is 5.69 Å². The van der Waals surface area contributed by atoms with Gasteiger partial charge in [-0.3, -0.25) is 29.4 Å². The molecule has 2 saturated heterocycles. The SMILES string of the molecule is COc1ccc(CN2C(=O)C3C(CC(N)=O)NC4(C(=O)Nc5c(Cl)cc(C)cc54)C3C2=O)cc1. The fourth-order valence-corrected chi connectivity index (χ4v) is 5.84. The summed E-state index contributed by atoms with van der Waals surface area (Å²) in [5.41, 5.74) is 6.35. The number of halogens is 1. The van der Waals surface area contributed by atoms with Crippen molar-refractivity contribution in [2.45, 2.75) is 31.5 Å². The van der Waals surface area contributed by atoms with Crippen LogP contribution in [0.5, 0.6) is 5.75 Å². The molecule has 0 radical (unpaired) electrons. The summed E-state index contributed by atoms with van der Waals surface area (Å²) < 4.78 is 5.17. The molecule has 4 amide bonds. The van der Waals surface area contributed by atoms with Gasteiger partial charge in [0, 0.05) is 18.0 Å². The highest BCUT2D eigenvalue weighted by atomic mass is 35.5. The number of likely N-dealkylation sites (tertiary alicyclic amines) is 1. The van der Waals surface area contributed by atoms with E-state index in [0.717, 1.165) is 16.0 Å². The Bertz CT molecular complexity index is 1250. The number of aryl methyl sites for hydroxylation is 1. The van der Waals surface area contributed by atoms with Gasteiger partial charge in [0.25, 0.3) is 0 Å². The van der Waals surface area contributed by atoms with E-state index in [4.69, 9.17) is 22.1 Å². The number of rotatable bonds is 5. The van der Waals surface area contributed by atoms with E-state index in [0.29, 0.717) is 22.0 Å². The third-order valence-corrected chi connectivity index (χ3v) is 7.23. The van der Waals surface area contributed by atoms with Crippen LogP contribution in [-0.2, 0) is 31.3 Å². The molecule has 10 heteroatoms. The maximum absolute atomic E-state index is 13.8. The van der Waals surface area contributed by atoms with Gasteiger partial charge in [0.15, 0.2) is 0 Å². The second kappa shape index (κ2) is 7.82. The largest absolute Gasteiger partial charge is 0.497 e. The first kappa shape index (κ1) is 22.4. The molecule has 4 N–H and O–H groups in total. The van der Waals surface area contributed by atoms with Crippen molar-refractivity contribution >= 4 is 40.9 Å². The third-order valence-electron chi connectivity index (χ3n) is 6.93. The minimum Gasteiger partial charge on any atom is -0.497 e. The highest BCUT2D eigenvalue weighted by molar-refractivity contribution is 6.35. The number of nitrogens with one attached hydrogen (secondary N) is 2. The third kappa shape index (κ3) is 3.11. The highest BCUT2D eigenvalue weighted by Gasteiger charge is 2.70. The fourth-order valence-electron chi connectivity index (χ4n) is 5.51. The Balaban J connectivity index is 1.59. The zero-order valence-corrected chi connectivity index (χ0v) is 19.3. The number of methoxy groups -OCH3 is 1. The topological polar surface area (TPSA) is 131 Å². The van der Waals surface area contributed by atoms with Gasteiger partial charge in [0.05, 0.1) is 36.2 Å². The van der Waals surface area contributed by atoms with Crippen LogP contribution in [0, 0.1) is 18.8 Å². The van der Waals surface area contributed by atoms with E-state index in [2.05, 4.69) is 10.6 Å². The molecule has 2 fully saturated rings. The van der Waals surface area contributed by atoms with Crippen LogP contribution in [0.3, 0.4) is 0 Å². The Labute approximate surface area is 200 Å². The van der Waals surface area contributed by atoms with Crippen molar-refractivity contribution in [1.29, 1.82) is 0 Å². The molecule has 5 rings (SSSR count). The fraction of sp³-hybridized carbons (Fsp3) is 0.333. The molecule has 2 aromatic rings. The predicted molar refractivity (Wildman–Crippen MR) is 123 cm³/mol. The minimum atomic E-state index is -1.53. The summed E-state index contributed by atoms with van der Waals surface area (Å²) in [7, 11) is 1.55. The molecular formula is C24H23ClN4O5. The Morgan fingerprint density at radius 2 is 1.88 bits per heavy atom. The van der Waals surface area contributed by atoms with E-state index >= 15 is 0 Å². The van der Waals surface area contributed by atoms with Gasteiger partial charge in [-0.15, -0.1) is 0 Å². The number of carbonyl (C=O) groups excluding carboxylic acids is 4. The van der Waals surface area contributed by atoms with Gasteiger partial charge in [-0.2, -0.15) is 0 Å². The van der Waals surface area contributed by atoms with Crippen LogP contribution >= 0.6 is 11.6 Å².